The third-order valence-electron chi connectivity index (χ3n) is 9.48. The average Bonchev–Trinajstić information content (AvgIpc) is 3.74. The van der Waals surface area contributed by atoms with Gasteiger partial charge in [0, 0.05) is 71.4 Å². The smallest absolute Gasteiger partial charge is 0.228 e. The number of anilines is 1. The van der Waals surface area contributed by atoms with Gasteiger partial charge < -0.3 is 19.8 Å². The maximum atomic E-state index is 13.8. The molecule has 2 aromatic heterocycles. The van der Waals surface area contributed by atoms with E-state index in [1.807, 2.05) is 17.0 Å². The van der Waals surface area contributed by atoms with Crippen LogP contribution >= 0.6 is 0 Å². The predicted octanol–water partition coefficient (Wildman–Crippen LogP) is 6.73. The molecular formula is C35H36N4O2. The van der Waals surface area contributed by atoms with Crippen LogP contribution in [0.15, 0.2) is 85.2 Å². The number of nitrogens with one attached hydrogen (secondary N) is 2. The van der Waals surface area contributed by atoms with Gasteiger partial charge in [0.25, 0.3) is 0 Å². The monoisotopic (exact) mass is 544 g/mol. The van der Waals surface area contributed by atoms with Crippen molar-refractivity contribution < 1.29 is 9.59 Å². The van der Waals surface area contributed by atoms with Gasteiger partial charge in [-0.2, -0.15) is 0 Å². The van der Waals surface area contributed by atoms with Gasteiger partial charge >= 0.3 is 0 Å². The number of benzene rings is 3. The molecule has 5 aromatic rings. The standard InChI is InChI=1S/C35H36N4O2/c1-23(2)24-11-13-26(14-12-24)39-22-25(19-33(39)40)34(41)38-17-15-35(16-18-38,29-20-36-31-9-5-3-7-27(29)31)30-21-37-32-10-6-4-8-28(30)32/h3-14,20-21,23,25,36-37H,15-19,22H2,1-2H3. The fraction of sp³-hybridized carbons (Fsp3) is 0.314. The molecule has 0 bridgehead atoms. The van der Waals surface area contributed by atoms with Crippen molar-refractivity contribution in [3.05, 3.63) is 102 Å². The summed E-state index contributed by atoms with van der Waals surface area (Å²) in [6.45, 7) is 6.09. The summed E-state index contributed by atoms with van der Waals surface area (Å²) in [5.74, 6) is 0.268. The number of H-pyrrole nitrogens is 2. The molecule has 0 aliphatic carbocycles. The van der Waals surface area contributed by atoms with Gasteiger partial charge in [-0.25, -0.2) is 0 Å². The lowest BCUT2D eigenvalue weighted by atomic mass is 9.67. The maximum absolute atomic E-state index is 13.8. The number of carbonyl (C=O) groups is 2. The van der Waals surface area contributed by atoms with Crippen molar-refractivity contribution in [2.24, 2.45) is 5.92 Å². The molecule has 2 aliphatic heterocycles. The highest BCUT2D eigenvalue weighted by atomic mass is 16.2. The molecule has 1 unspecified atom stereocenters. The summed E-state index contributed by atoms with van der Waals surface area (Å²) in [6, 6.07) is 25.2. The Morgan fingerprint density at radius 1 is 0.829 bits per heavy atom. The molecule has 2 fully saturated rings. The van der Waals surface area contributed by atoms with E-state index in [9.17, 15) is 9.59 Å². The van der Waals surface area contributed by atoms with Crippen molar-refractivity contribution in [3.8, 4) is 0 Å². The first-order chi connectivity index (χ1) is 19.9. The van der Waals surface area contributed by atoms with E-state index in [1.165, 1.54) is 27.5 Å². The Labute approximate surface area is 240 Å². The molecular weight excluding hydrogens is 508 g/mol. The van der Waals surface area contributed by atoms with Gasteiger partial charge in [-0.1, -0.05) is 62.4 Å². The Balaban J connectivity index is 1.15. The number of hydrogen-bond acceptors (Lipinski definition) is 2. The van der Waals surface area contributed by atoms with Gasteiger partial charge in [-0.15, -0.1) is 0 Å². The van der Waals surface area contributed by atoms with E-state index in [2.05, 4.69) is 96.9 Å². The number of para-hydroxylation sites is 2. The highest BCUT2D eigenvalue weighted by Crippen LogP contribution is 2.47. The molecule has 2 N–H and O–H groups in total. The Morgan fingerprint density at radius 3 is 1.95 bits per heavy atom. The van der Waals surface area contributed by atoms with Crippen molar-refractivity contribution in [2.75, 3.05) is 24.5 Å². The quantitative estimate of drug-likeness (QED) is 0.257. The normalized spacial score (nSPS) is 19.1. The number of aromatic nitrogens is 2. The van der Waals surface area contributed by atoms with Crippen LogP contribution in [0, 0.1) is 5.92 Å². The second-order valence-corrected chi connectivity index (χ2v) is 12.1. The minimum atomic E-state index is -0.305. The number of carbonyl (C=O) groups excluding carboxylic acids is 2. The molecule has 6 heteroatoms. The Morgan fingerprint density at radius 2 is 1.39 bits per heavy atom. The third-order valence-corrected chi connectivity index (χ3v) is 9.48. The number of nitrogens with zero attached hydrogens (tertiary/aromatic N) is 2. The van der Waals surface area contributed by atoms with Gasteiger partial charge in [0.15, 0.2) is 0 Å². The van der Waals surface area contributed by atoms with Crippen molar-refractivity contribution in [1.29, 1.82) is 0 Å². The van der Waals surface area contributed by atoms with Crippen LogP contribution < -0.4 is 4.90 Å². The first kappa shape index (κ1) is 25.6. The first-order valence-corrected chi connectivity index (χ1v) is 14.8. The lowest BCUT2D eigenvalue weighted by Crippen LogP contribution is -2.47. The maximum Gasteiger partial charge on any atom is 0.228 e. The zero-order chi connectivity index (χ0) is 28.1. The SMILES string of the molecule is CC(C)c1ccc(N2CC(C(=O)N3CCC(c4c[nH]c5ccccc45)(c4c[nH]c5ccccc45)CC3)CC2=O)cc1. The molecule has 2 saturated heterocycles. The second kappa shape index (κ2) is 9.95. The minimum absolute atomic E-state index is 0.0320. The summed E-state index contributed by atoms with van der Waals surface area (Å²) >= 11 is 0. The van der Waals surface area contributed by atoms with Gasteiger partial charge in [-0.3, -0.25) is 9.59 Å². The van der Waals surface area contributed by atoms with E-state index in [-0.39, 0.29) is 29.6 Å². The summed E-state index contributed by atoms with van der Waals surface area (Å²) in [4.78, 5) is 37.6. The number of fused-ring (bicyclic) bond motifs is 2. The van der Waals surface area contributed by atoms with Gasteiger partial charge in [0.1, 0.15) is 0 Å². The van der Waals surface area contributed by atoms with Crippen LogP contribution in [0.3, 0.4) is 0 Å². The van der Waals surface area contributed by atoms with Crippen molar-refractivity contribution in [1.82, 2.24) is 14.9 Å². The molecule has 4 heterocycles. The second-order valence-electron chi connectivity index (χ2n) is 12.1. The molecule has 6 nitrogen and oxygen atoms in total. The van der Waals surface area contributed by atoms with Gasteiger partial charge in [0.2, 0.25) is 11.8 Å². The van der Waals surface area contributed by atoms with Crippen LogP contribution in [0.5, 0.6) is 0 Å². The summed E-state index contributed by atoms with van der Waals surface area (Å²) in [5, 5.41) is 2.47. The van der Waals surface area contributed by atoms with Crippen molar-refractivity contribution >= 4 is 39.3 Å². The molecule has 2 aliphatic rings. The first-order valence-electron chi connectivity index (χ1n) is 14.8. The van der Waals surface area contributed by atoms with Crippen LogP contribution in [0.2, 0.25) is 0 Å². The van der Waals surface area contributed by atoms with E-state index >= 15 is 0 Å². The van der Waals surface area contributed by atoms with E-state index in [1.54, 1.807) is 4.90 Å². The molecule has 208 valence electrons. The lowest BCUT2D eigenvalue weighted by molar-refractivity contribution is -0.137. The largest absolute Gasteiger partial charge is 0.361 e. The molecule has 7 rings (SSSR count). The van der Waals surface area contributed by atoms with Crippen molar-refractivity contribution in [3.63, 3.8) is 0 Å². The molecule has 2 amide bonds. The summed E-state index contributed by atoms with van der Waals surface area (Å²) in [5.41, 5.74) is 6.73. The van der Waals surface area contributed by atoms with Crippen LogP contribution in [-0.4, -0.2) is 46.3 Å². The highest BCUT2D eigenvalue weighted by molar-refractivity contribution is 6.00. The fourth-order valence-corrected chi connectivity index (χ4v) is 7.15. The van der Waals surface area contributed by atoms with E-state index < -0.39 is 0 Å². The Kier molecular flexibility index (Phi) is 6.22. The van der Waals surface area contributed by atoms with Crippen molar-refractivity contribution in [2.45, 2.75) is 44.4 Å². The Hall–Kier alpha value is -4.32. The van der Waals surface area contributed by atoms with Crippen LogP contribution in [0.1, 0.15) is 55.7 Å². The highest BCUT2D eigenvalue weighted by Gasteiger charge is 2.44. The van der Waals surface area contributed by atoms with Gasteiger partial charge in [-0.05, 0) is 59.7 Å². The van der Waals surface area contributed by atoms with Crippen LogP contribution in [0.25, 0.3) is 21.8 Å². The van der Waals surface area contributed by atoms with Crippen LogP contribution in [-0.2, 0) is 15.0 Å². The number of hydrogen-bond donors (Lipinski definition) is 2. The summed E-state index contributed by atoms with van der Waals surface area (Å²) in [7, 11) is 0. The predicted molar refractivity (Wildman–Crippen MR) is 164 cm³/mol. The molecule has 41 heavy (non-hydrogen) atoms. The van der Waals surface area contributed by atoms with E-state index in [4.69, 9.17) is 0 Å². The number of aromatic amines is 2. The van der Waals surface area contributed by atoms with E-state index in [0.717, 1.165) is 29.6 Å². The van der Waals surface area contributed by atoms with Crippen LogP contribution in [0.4, 0.5) is 5.69 Å². The molecule has 0 spiro atoms. The zero-order valence-corrected chi connectivity index (χ0v) is 23.7. The summed E-state index contributed by atoms with van der Waals surface area (Å²) < 4.78 is 0. The number of likely N-dealkylation sites (tertiary alicyclic amines) is 1. The zero-order valence-electron chi connectivity index (χ0n) is 23.7. The fourth-order valence-electron chi connectivity index (χ4n) is 7.15. The topological polar surface area (TPSA) is 72.2 Å². The number of amides is 2. The van der Waals surface area contributed by atoms with E-state index in [0.29, 0.717) is 25.6 Å². The summed E-state index contributed by atoms with van der Waals surface area (Å²) in [6.07, 6.45) is 6.26. The molecule has 0 radical (unpaired) electrons. The number of piperidine rings is 1. The lowest BCUT2D eigenvalue weighted by Gasteiger charge is -2.43. The Bertz CT molecular complexity index is 1660. The average molecular weight is 545 g/mol. The molecule has 3 aromatic carbocycles. The molecule has 0 saturated carbocycles. The molecule has 1 atom stereocenters. The number of rotatable bonds is 5. The minimum Gasteiger partial charge on any atom is -0.361 e. The third kappa shape index (κ3) is 4.24. The van der Waals surface area contributed by atoms with Gasteiger partial charge in [0.05, 0.1) is 5.92 Å².